The van der Waals surface area contributed by atoms with Crippen LogP contribution in [0.2, 0.25) is 0 Å². The molecule has 1 saturated heterocycles. The van der Waals surface area contributed by atoms with Crippen molar-refractivity contribution in [2.24, 2.45) is 5.92 Å². The zero-order chi connectivity index (χ0) is 18.4. The molecule has 0 saturated carbocycles. The molecule has 0 spiro atoms. The van der Waals surface area contributed by atoms with Gasteiger partial charge in [0.2, 0.25) is 0 Å². The molecule has 1 N–H and O–H groups in total. The number of carbonyl (C=O) groups excluding carboxylic acids is 2. The smallest absolute Gasteiger partial charge is 0.407 e. The van der Waals surface area contributed by atoms with E-state index < -0.39 is 11.7 Å². The summed E-state index contributed by atoms with van der Waals surface area (Å²) < 4.78 is 10.2. The summed E-state index contributed by atoms with van der Waals surface area (Å²) in [7, 11) is 1.38. The number of esters is 1. The van der Waals surface area contributed by atoms with Crippen LogP contribution in [0.3, 0.4) is 0 Å². The van der Waals surface area contributed by atoms with Crippen molar-refractivity contribution in [2.45, 2.75) is 45.4 Å². The van der Waals surface area contributed by atoms with E-state index in [1.165, 1.54) is 12.7 Å². The third-order valence-corrected chi connectivity index (χ3v) is 4.15. The van der Waals surface area contributed by atoms with Gasteiger partial charge in [0, 0.05) is 13.1 Å². The first-order valence-electron chi connectivity index (χ1n) is 8.62. The summed E-state index contributed by atoms with van der Waals surface area (Å²) in [5.41, 5.74) is 0.624. The molecule has 1 aliphatic heterocycles. The van der Waals surface area contributed by atoms with Crippen molar-refractivity contribution >= 4 is 12.1 Å². The topological polar surface area (TPSA) is 67.9 Å². The Morgan fingerprint density at radius 2 is 1.92 bits per heavy atom. The molecular formula is C19H28N2O4. The fourth-order valence-corrected chi connectivity index (χ4v) is 3.04. The molecule has 1 aromatic rings. The van der Waals surface area contributed by atoms with Crippen molar-refractivity contribution in [1.29, 1.82) is 0 Å². The number of amides is 1. The molecule has 0 radical (unpaired) electrons. The first-order valence-corrected chi connectivity index (χ1v) is 8.62. The lowest BCUT2D eigenvalue weighted by atomic mass is 9.91. The van der Waals surface area contributed by atoms with E-state index in [4.69, 9.17) is 9.47 Å². The first kappa shape index (κ1) is 19.2. The van der Waals surface area contributed by atoms with E-state index in [0.29, 0.717) is 13.0 Å². The summed E-state index contributed by atoms with van der Waals surface area (Å²) in [6.45, 7) is 7.57. The number of piperidine rings is 1. The third kappa shape index (κ3) is 6.05. The van der Waals surface area contributed by atoms with Crippen molar-refractivity contribution in [3.63, 3.8) is 0 Å². The molecule has 1 aromatic carbocycles. The van der Waals surface area contributed by atoms with E-state index in [9.17, 15) is 9.59 Å². The standard InChI is InChI=1S/C19H28N2O4/c1-19(2,3)25-18(23)20-16-13-21(11-10-15(16)17(22)24-4)12-14-8-6-5-7-9-14/h5-9,15-16H,10-13H2,1-4H3,(H,20,23)/t15-,16+/m1/s1. The van der Waals surface area contributed by atoms with Crippen LogP contribution < -0.4 is 5.32 Å². The molecule has 1 heterocycles. The van der Waals surface area contributed by atoms with Gasteiger partial charge in [0.25, 0.3) is 0 Å². The van der Waals surface area contributed by atoms with E-state index in [2.05, 4.69) is 22.3 Å². The van der Waals surface area contributed by atoms with E-state index in [1.54, 1.807) is 0 Å². The Balaban J connectivity index is 2.03. The Morgan fingerprint density at radius 3 is 2.52 bits per heavy atom. The highest BCUT2D eigenvalue weighted by Crippen LogP contribution is 2.21. The third-order valence-electron chi connectivity index (χ3n) is 4.15. The lowest BCUT2D eigenvalue weighted by molar-refractivity contribution is -0.148. The number of ether oxygens (including phenoxy) is 2. The van der Waals surface area contributed by atoms with Gasteiger partial charge in [0.15, 0.2) is 0 Å². The van der Waals surface area contributed by atoms with E-state index in [1.807, 2.05) is 39.0 Å². The number of likely N-dealkylation sites (tertiary alicyclic amines) is 1. The zero-order valence-corrected chi connectivity index (χ0v) is 15.5. The van der Waals surface area contributed by atoms with E-state index >= 15 is 0 Å². The van der Waals surface area contributed by atoms with Crippen molar-refractivity contribution in [3.05, 3.63) is 35.9 Å². The highest BCUT2D eigenvalue weighted by Gasteiger charge is 2.36. The maximum Gasteiger partial charge on any atom is 0.407 e. The van der Waals surface area contributed by atoms with Gasteiger partial charge in [-0.3, -0.25) is 9.69 Å². The van der Waals surface area contributed by atoms with Crippen LogP contribution in [-0.2, 0) is 20.8 Å². The Hall–Kier alpha value is -2.08. The van der Waals surface area contributed by atoms with Crippen LogP contribution in [0.25, 0.3) is 0 Å². The average molecular weight is 348 g/mol. The number of nitrogens with zero attached hydrogens (tertiary/aromatic N) is 1. The summed E-state index contributed by atoms with van der Waals surface area (Å²) in [6, 6.07) is 9.81. The zero-order valence-electron chi connectivity index (χ0n) is 15.5. The minimum Gasteiger partial charge on any atom is -0.469 e. The summed E-state index contributed by atoms with van der Waals surface area (Å²) in [6.07, 6.45) is 0.132. The molecule has 2 rings (SSSR count). The molecule has 1 aliphatic rings. The van der Waals surface area contributed by atoms with Gasteiger partial charge in [-0.05, 0) is 39.3 Å². The number of rotatable bonds is 4. The average Bonchev–Trinajstić information content (AvgIpc) is 2.53. The second-order valence-electron chi connectivity index (χ2n) is 7.39. The van der Waals surface area contributed by atoms with Crippen molar-refractivity contribution in [1.82, 2.24) is 10.2 Å². The quantitative estimate of drug-likeness (QED) is 0.847. The van der Waals surface area contributed by atoms with Gasteiger partial charge in [-0.2, -0.15) is 0 Å². The van der Waals surface area contributed by atoms with Crippen LogP contribution in [0.15, 0.2) is 30.3 Å². The minimum atomic E-state index is -0.580. The molecule has 0 bridgehead atoms. The molecule has 2 atom stereocenters. The molecular weight excluding hydrogens is 320 g/mol. The molecule has 6 heteroatoms. The predicted octanol–water partition coefficient (Wildman–Crippen LogP) is 2.57. The molecule has 25 heavy (non-hydrogen) atoms. The van der Waals surface area contributed by atoms with E-state index in [0.717, 1.165) is 13.1 Å². The monoisotopic (exact) mass is 348 g/mol. The number of methoxy groups -OCH3 is 1. The van der Waals surface area contributed by atoms with Gasteiger partial charge in [0.1, 0.15) is 5.60 Å². The Kier molecular flexibility index (Phi) is 6.42. The minimum absolute atomic E-state index is 0.291. The number of benzene rings is 1. The maximum absolute atomic E-state index is 12.1. The summed E-state index contributed by atoms with van der Waals surface area (Å²) in [5, 5.41) is 2.85. The summed E-state index contributed by atoms with van der Waals surface area (Å²) >= 11 is 0. The Bertz CT molecular complexity index is 583. The summed E-state index contributed by atoms with van der Waals surface area (Å²) in [5.74, 6) is -0.648. The van der Waals surface area contributed by atoms with Crippen LogP contribution >= 0.6 is 0 Å². The first-order chi connectivity index (χ1) is 11.8. The van der Waals surface area contributed by atoms with Crippen LogP contribution in [-0.4, -0.2) is 48.8 Å². The van der Waals surface area contributed by atoms with Gasteiger partial charge >= 0.3 is 12.1 Å². The van der Waals surface area contributed by atoms with Gasteiger partial charge < -0.3 is 14.8 Å². The fraction of sp³-hybridized carbons (Fsp3) is 0.579. The highest BCUT2D eigenvalue weighted by molar-refractivity contribution is 5.75. The number of alkyl carbamates (subject to hydrolysis) is 1. The van der Waals surface area contributed by atoms with Crippen LogP contribution in [0, 0.1) is 5.92 Å². The van der Waals surface area contributed by atoms with Gasteiger partial charge in [0.05, 0.1) is 19.1 Å². The largest absolute Gasteiger partial charge is 0.469 e. The van der Waals surface area contributed by atoms with Crippen LogP contribution in [0.1, 0.15) is 32.8 Å². The van der Waals surface area contributed by atoms with Crippen molar-refractivity contribution in [3.8, 4) is 0 Å². The molecule has 138 valence electrons. The number of hydrogen-bond acceptors (Lipinski definition) is 5. The predicted molar refractivity (Wildman–Crippen MR) is 95.0 cm³/mol. The summed E-state index contributed by atoms with van der Waals surface area (Å²) in [4.78, 5) is 26.5. The Morgan fingerprint density at radius 1 is 1.24 bits per heavy atom. The second-order valence-corrected chi connectivity index (χ2v) is 7.39. The SMILES string of the molecule is COC(=O)[C@@H]1CCN(Cc2ccccc2)C[C@@H]1NC(=O)OC(C)(C)C. The van der Waals surface area contributed by atoms with Gasteiger partial charge in [-0.25, -0.2) is 4.79 Å². The normalized spacial score (nSPS) is 21.4. The van der Waals surface area contributed by atoms with E-state index in [-0.39, 0.29) is 17.9 Å². The highest BCUT2D eigenvalue weighted by atomic mass is 16.6. The van der Waals surface area contributed by atoms with Gasteiger partial charge in [-0.1, -0.05) is 30.3 Å². The van der Waals surface area contributed by atoms with Crippen molar-refractivity contribution < 1.29 is 19.1 Å². The van der Waals surface area contributed by atoms with Crippen molar-refractivity contribution in [2.75, 3.05) is 20.2 Å². The molecule has 6 nitrogen and oxygen atoms in total. The molecule has 0 aliphatic carbocycles. The van der Waals surface area contributed by atoms with Crippen LogP contribution in [0.4, 0.5) is 4.79 Å². The maximum atomic E-state index is 12.1. The molecule has 1 amide bonds. The Labute approximate surface area is 149 Å². The lowest BCUT2D eigenvalue weighted by Gasteiger charge is -2.37. The van der Waals surface area contributed by atoms with Gasteiger partial charge in [-0.15, -0.1) is 0 Å². The second kappa shape index (κ2) is 8.34. The number of nitrogens with one attached hydrogen (secondary N) is 1. The molecule has 0 aromatic heterocycles. The fourth-order valence-electron chi connectivity index (χ4n) is 3.04. The van der Waals surface area contributed by atoms with Crippen LogP contribution in [0.5, 0.6) is 0 Å². The molecule has 0 unspecified atom stereocenters. The number of carbonyl (C=O) groups is 2. The lowest BCUT2D eigenvalue weighted by Crippen LogP contribution is -2.55. The molecule has 1 fully saturated rings. The number of hydrogen-bond donors (Lipinski definition) is 1.